The molecule has 0 aliphatic rings. The van der Waals surface area contributed by atoms with E-state index in [-0.39, 0.29) is 0 Å². The van der Waals surface area contributed by atoms with Gasteiger partial charge in [-0.15, -0.1) is 0 Å². The normalized spacial score (nSPS) is 11.8. The Kier molecular flexibility index (Phi) is 6.94. The van der Waals surface area contributed by atoms with Gasteiger partial charge in [-0.25, -0.2) is 4.79 Å². The minimum atomic E-state index is -0.460. The van der Waals surface area contributed by atoms with E-state index in [1.807, 2.05) is 50.0 Å². The second-order valence-electron chi connectivity index (χ2n) is 5.69. The first-order chi connectivity index (χ1) is 9.90. The van der Waals surface area contributed by atoms with Crippen molar-refractivity contribution in [2.45, 2.75) is 46.4 Å². The van der Waals surface area contributed by atoms with Crippen molar-refractivity contribution >= 4 is 6.09 Å². The van der Waals surface area contributed by atoms with Crippen molar-refractivity contribution in [3.63, 3.8) is 0 Å². The molecule has 0 atom stereocenters. The molecule has 2 N–H and O–H groups in total. The summed E-state index contributed by atoms with van der Waals surface area (Å²) in [5.41, 5.74) is 0.704. The Morgan fingerprint density at radius 1 is 1.38 bits per heavy atom. The van der Waals surface area contributed by atoms with Gasteiger partial charge in [0.15, 0.2) is 0 Å². The molecule has 1 rings (SSSR count). The second-order valence-corrected chi connectivity index (χ2v) is 5.69. The Morgan fingerprint density at radius 3 is 2.71 bits per heavy atom. The summed E-state index contributed by atoms with van der Waals surface area (Å²) in [5, 5.41) is 10.2. The van der Waals surface area contributed by atoms with Crippen LogP contribution in [0, 0.1) is 0 Å². The molecule has 1 amide bonds. The van der Waals surface area contributed by atoms with Gasteiger partial charge in [-0.05, 0) is 27.7 Å². The number of carbonyl (C=O) groups is 1. The summed E-state index contributed by atoms with van der Waals surface area (Å²) in [4.78, 5) is 11.4. The lowest BCUT2D eigenvalue weighted by molar-refractivity contribution is 0.0534. The lowest BCUT2D eigenvalue weighted by Crippen LogP contribution is -2.32. The number of amides is 1. The second kappa shape index (κ2) is 8.46. The number of ether oxygens (including phenoxy) is 1. The Bertz CT molecular complexity index is 460. The predicted octanol–water partition coefficient (Wildman–Crippen LogP) is 2.07. The van der Waals surface area contributed by atoms with E-state index in [4.69, 9.17) is 4.74 Å². The highest BCUT2D eigenvalue weighted by Gasteiger charge is 2.14. The molecule has 6 heteroatoms. The van der Waals surface area contributed by atoms with Gasteiger partial charge in [0.05, 0.1) is 6.20 Å². The number of hydrogen-bond acceptors (Lipinski definition) is 4. The molecule has 0 saturated heterocycles. The maximum Gasteiger partial charge on any atom is 0.407 e. The summed E-state index contributed by atoms with van der Waals surface area (Å²) in [6.07, 6.45) is 7.37. The number of aromatic nitrogens is 2. The van der Waals surface area contributed by atoms with E-state index in [1.165, 1.54) is 0 Å². The Morgan fingerprint density at radius 2 is 2.10 bits per heavy atom. The average molecular weight is 294 g/mol. The molecule has 0 radical (unpaired) electrons. The first kappa shape index (κ1) is 17.2. The zero-order chi connectivity index (χ0) is 15.7. The largest absolute Gasteiger partial charge is 0.444 e. The van der Waals surface area contributed by atoms with Crippen LogP contribution in [0.5, 0.6) is 0 Å². The Labute approximate surface area is 126 Å². The summed E-state index contributed by atoms with van der Waals surface area (Å²) in [5.74, 6) is 0. The third-order valence-electron chi connectivity index (χ3n) is 2.53. The molecule has 0 spiro atoms. The lowest BCUT2D eigenvalue weighted by Gasteiger charge is -2.19. The molecule has 1 heterocycles. The average Bonchev–Trinajstić information content (AvgIpc) is 2.83. The van der Waals surface area contributed by atoms with Gasteiger partial charge in [-0.1, -0.05) is 12.2 Å². The van der Waals surface area contributed by atoms with Crippen LogP contribution < -0.4 is 10.6 Å². The molecular formula is C15H26N4O2. The minimum Gasteiger partial charge on any atom is -0.444 e. The number of hydrogen-bond donors (Lipinski definition) is 2. The molecule has 0 bridgehead atoms. The highest BCUT2D eigenvalue weighted by atomic mass is 16.6. The van der Waals surface area contributed by atoms with Crippen molar-refractivity contribution in [3.05, 3.63) is 30.1 Å². The summed E-state index contributed by atoms with van der Waals surface area (Å²) >= 11 is 0. The van der Waals surface area contributed by atoms with Crippen LogP contribution in [-0.2, 0) is 17.8 Å². The number of nitrogens with zero attached hydrogens (tertiary/aromatic N) is 2. The van der Waals surface area contributed by atoms with Gasteiger partial charge >= 0.3 is 6.09 Å². The van der Waals surface area contributed by atoms with Crippen molar-refractivity contribution in [2.75, 3.05) is 13.1 Å². The molecule has 118 valence electrons. The summed E-state index contributed by atoms with van der Waals surface area (Å²) < 4.78 is 7.03. The van der Waals surface area contributed by atoms with Crippen molar-refractivity contribution in [1.29, 1.82) is 0 Å². The summed E-state index contributed by atoms with van der Waals surface area (Å²) in [7, 11) is 0. The van der Waals surface area contributed by atoms with E-state index < -0.39 is 11.7 Å². The van der Waals surface area contributed by atoms with Crippen molar-refractivity contribution < 1.29 is 9.53 Å². The number of alkyl carbamates (subject to hydrolysis) is 1. The van der Waals surface area contributed by atoms with Crippen LogP contribution in [0.4, 0.5) is 4.79 Å². The van der Waals surface area contributed by atoms with Crippen LogP contribution in [-0.4, -0.2) is 34.6 Å². The van der Waals surface area contributed by atoms with E-state index in [9.17, 15) is 4.79 Å². The van der Waals surface area contributed by atoms with Crippen LogP contribution >= 0.6 is 0 Å². The topological polar surface area (TPSA) is 68.2 Å². The Hall–Kier alpha value is -1.82. The molecule has 0 fully saturated rings. The van der Waals surface area contributed by atoms with Crippen LogP contribution in [0.15, 0.2) is 24.5 Å². The fraction of sp³-hybridized carbons (Fsp3) is 0.600. The smallest absolute Gasteiger partial charge is 0.407 e. The molecule has 0 saturated carbocycles. The van der Waals surface area contributed by atoms with Crippen LogP contribution in [0.2, 0.25) is 0 Å². The molecule has 0 aromatic carbocycles. The fourth-order valence-electron chi connectivity index (χ4n) is 1.59. The van der Waals surface area contributed by atoms with Crippen molar-refractivity contribution in [2.24, 2.45) is 0 Å². The van der Waals surface area contributed by atoms with Crippen molar-refractivity contribution in [1.82, 2.24) is 20.4 Å². The first-order valence-corrected chi connectivity index (χ1v) is 7.24. The Balaban J connectivity index is 2.08. The van der Waals surface area contributed by atoms with Crippen molar-refractivity contribution in [3.8, 4) is 0 Å². The monoisotopic (exact) mass is 294 g/mol. The van der Waals surface area contributed by atoms with E-state index >= 15 is 0 Å². The van der Waals surface area contributed by atoms with Gasteiger partial charge in [0.1, 0.15) is 5.60 Å². The van der Waals surface area contributed by atoms with Gasteiger partial charge in [-0.3, -0.25) is 4.68 Å². The summed E-state index contributed by atoms with van der Waals surface area (Å²) in [6, 6.07) is 0. The van der Waals surface area contributed by atoms with Gasteiger partial charge in [0.2, 0.25) is 0 Å². The molecular weight excluding hydrogens is 268 g/mol. The zero-order valence-electron chi connectivity index (χ0n) is 13.3. The van der Waals surface area contributed by atoms with Crippen LogP contribution in [0.25, 0.3) is 0 Å². The molecule has 1 aromatic rings. The molecule has 0 unspecified atom stereocenters. The molecule has 0 aliphatic carbocycles. The first-order valence-electron chi connectivity index (χ1n) is 7.24. The van der Waals surface area contributed by atoms with E-state index in [0.717, 1.165) is 25.2 Å². The standard InChI is InChI=1S/C15H26N4O2/c1-5-19-12-13(11-18-19)10-16-8-6-7-9-17-14(20)21-15(2,3)4/h6-7,11-12,16H,5,8-10H2,1-4H3,(H,17,20)/b7-6+. The predicted molar refractivity (Wildman–Crippen MR) is 83.0 cm³/mol. The maximum absolute atomic E-state index is 11.4. The minimum absolute atomic E-state index is 0.396. The molecule has 6 nitrogen and oxygen atoms in total. The van der Waals surface area contributed by atoms with Gasteiger partial charge in [0.25, 0.3) is 0 Å². The van der Waals surface area contributed by atoms with Crippen LogP contribution in [0.3, 0.4) is 0 Å². The third-order valence-corrected chi connectivity index (χ3v) is 2.53. The number of nitrogens with one attached hydrogen (secondary N) is 2. The number of rotatable bonds is 7. The quantitative estimate of drug-likeness (QED) is 0.597. The maximum atomic E-state index is 11.4. The van der Waals surface area contributed by atoms with E-state index in [2.05, 4.69) is 22.7 Å². The number of aryl methyl sites for hydroxylation is 1. The zero-order valence-corrected chi connectivity index (χ0v) is 13.3. The van der Waals surface area contributed by atoms with E-state index in [1.54, 1.807) is 0 Å². The van der Waals surface area contributed by atoms with Gasteiger partial charge in [0, 0.05) is 37.9 Å². The fourth-order valence-corrected chi connectivity index (χ4v) is 1.59. The van der Waals surface area contributed by atoms with E-state index in [0.29, 0.717) is 6.54 Å². The lowest BCUT2D eigenvalue weighted by atomic mass is 10.2. The highest BCUT2D eigenvalue weighted by molar-refractivity contribution is 5.67. The molecule has 0 aliphatic heterocycles. The van der Waals surface area contributed by atoms with Crippen LogP contribution in [0.1, 0.15) is 33.3 Å². The molecule has 1 aromatic heterocycles. The SMILES string of the molecule is CCn1cc(CNC/C=C/CNC(=O)OC(C)(C)C)cn1. The number of carbonyl (C=O) groups excluding carboxylic acids is 1. The summed E-state index contributed by atoms with van der Waals surface area (Å²) in [6.45, 7) is 10.5. The third kappa shape index (κ3) is 8.14. The van der Waals surface area contributed by atoms with Gasteiger partial charge in [-0.2, -0.15) is 5.10 Å². The highest BCUT2D eigenvalue weighted by Crippen LogP contribution is 2.06. The molecule has 21 heavy (non-hydrogen) atoms. The van der Waals surface area contributed by atoms with Gasteiger partial charge < -0.3 is 15.4 Å².